The Morgan fingerprint density at radius 3 is 2.83 bits per heavy atom. The van der Waals surface area contributed by atoms with E-state index in [1.165, 1.54) is 15.3 Å². The van der Waals surface area contributed by atoms with Gasteiger partial charge in [0, 0.05) is 41.2 Å². The first-order chi connectivity index (χ1) is 13.7. The molecular formula is C21H29IN4OS2. The quantitative estimate of drug-likeness (QED) is 0.240. The number of fused-ring (bicyclic) bond motifs is 1. The highest BCUT2D eigenvalue weighted by Gasteiger charge is 2.21. The van der Waals surface area contributed by atoms with Gasteiger partial charge in [-0.3, -0.25) is 4.79 Å². The second kappa shape index (κ2) is 12.4. The van der Waals surface area contributed by atoms with Crippen LogP contribution in [0.4, 0.5) is 0 Å². The number of carbonyl (C=O) groups is 1. The summed E-state index contributed by atoms with van der Waals surface area (Å²) < 4.78 is 0. The van der Waals surface area contributed by atoms with Crippen LogP contribution >= 0.6 is 47.1 Å². The Hall–Kier alpha value is -1.26. The lowest BCUT2D eigenvalue weighted by Crippen LogP contribution is -2.42. The lowest BCUT2D eigenvalue weighted by molar-refractivity contribution is -0.130. The summed E-state index contributed by atoms with van der Waals surface area (Å²) in [6.07, 6.45) is 0.953. The van der Waals surface area contributed by atoms with Crippen molar-refractivity contribution in [1.82, 2.24) is 15.5 Å². The van der Waals surface area contributed by atoms with Crippen LogP contribution in [0.2, 0.25) is 0 Å². The lowest BCUT2D eigenvalue weighted by atomic mass is 10.1. The highest BCUT2D eigenvalue weighted by atomic mass is 127. The van der Waals surface area contributed by atoms with Crippen molar-refractivity contribution in [3.05, 3.63) is 52.2 Å². The molecule has 1 aliphatic rings. The van der Waals surface area contributed by atoms with E-state index in [1.54, 1.807) is 11.3 Å². The Morgan fingerprint density at radius 2 is 2.07 bits per heavy atom. The number of halogens is 1. The molecule has 0 spiro atoms. The largest absolute Gasteiger partial charge is 0.357 e. The molecule has 1 amide bonds. The minimum atomic E-state index is 0. The van der Waals surface area contributed by atoms with Crippen LogP contribution in [-0.4, -0.2) is 48.2 Å². The van der Waals surface area contributed by atoms with Crippen LogP contribution in [0.3, 0.4) is 0 Å². The summed E-state index contributed by atoms with van der Waals surface area (Å²) in [6.45, 7) is 7.44. The maximum Gasteiger partial charge on any atom is 0.244 e. The van der Waals surface area contributed by atoms with E-state index in [0.29, 0.717) is 17.8 Å². The number of aliphatic imine (C=N–C) groups is 1. The fraction of sp³-hybridized carbons (Fsp3) is 0.429. The third-order valence-corrected chi connectivity index (χ3v) is 6.65. The standard InChI is InChI=1S/C21H28N4OS2.HI/c1-3-22-21(23-13-16(2)28-18-7-5-4-6-8-18)24-14-20(26)25-11-9-19-17(15-25)10-12-27-19;/h4-8,10,12,16H,3,9,11,13-15H2,1-2H3,(H2,22,23,24);1H. The van der Waals surface area contributed by atoms with Gasteiger partial charge >= 0.3 is 0 Å². The molecule has 29 heavy (non-hydrogen) atoms. The molecule has 0 saturated heterocycles. The van der Waals surface area contributed by atoms with E-state index >= 15 is 0 Å². The molecule has 0 radical (unpaired) electrons. The number of carbonyl (C=O) groups excluding carboxylic acids is 1. The molecule has 2 N–H and O–H groups in total. The monoisotopic (exact) mass is 544 g/mol. The van der Waals surface area contributed by atoms with E-state index < -0.39 is 0 Å². The summed E-state index contributed by atoms with van der Waals surface area (Å²) in [5.74, 6) is 0.783. The number of hydrogen-bond donors (Lipinski definition) is 2. The molecule has 158 valence electrons. The van der Waals surface area contributed by atoms with Crippen molar-refractivity contribution < 1.29 is 4.79 Å². The number of nitrogens with zero attached hydrogens (tertiary/aromatic N) is 2. The number of rotatable bonds is 7. The Balaban J connectivity index is 0.00000300. The molecule has 3 rings (SSSR count). The molecule has 0 aliphatic carbocycles. The summed E-state index contributed by atoms with van der Waals surface area (Å²) in [5, 5.41) is 9.09. The third kappa shape index (κ3) is 7.49. The van der Waals surface area contributed by atoms with Gasteiger partial charge < -0.3 is 15.5 Å². The SMILES string of the molecule is CCNC(=NCC(=O)N1CCc2sccc2C1)NCC(C)Sc1ccccc1.I. The topological polar surface area (TPSA) is 56.7 Å². The third-order valence-electron chi connectivity index (χ3n) is 4.51. The molecule has 1 aromatic heterocycles. The molecule has 1 aromatic carbocycles. The first kappa shape index (κ1) is 24.0. The van der Waals surface area contributed by atoms with Gasteiger partial charge in [-0.2, -0.15) is 0 Å². The summed E-state index contributed by atoms with van der Waals surface area (Å²) in [7, 11) is 0. The molecule has 5 nitrogen and oxygen atoms in total. The van der Waals surface area contributed by atoms with Gasteiger partial charge in [-0.1, -0.05) is 25.1 Å². The van der Waals surface area contributed by atoms with Crippen molar-refractivity contribution in [1.29, 1.82) is 0 Å². The molecule has 1 unspecified atom stereocenters. The number of thioether (sulfide) groups is 1. The van der Waals surface area contributed by atoms with Crippen molar-refractivity contribution in [3.63, 3.8) is 0 Å². The maximum atomic E-state index is 12.6. The van der Waals surface area contributed by atoms with Crippen molar-refractivity contribution in [2.45, 2.75) is 37.0 Å². The minimum absolute atomic E-state index is 0. The summed E-state index contributed by atoms with van der Waals surface area (Å²) in [5.41, 5.74) is 1.28. The van der Waals surface area contributed by atoms with Crippen LogP contribution in [0.25, 0.3) is 0 Å². The van der Waals surface area contributed by atoms with Crippen molar-refractivity contribution >= 4 is 58.9 Å². The highest BCUT2D eigenvalue weighted by Crippen LogP contribution is 2.24. The van der Waals surface area contributed by atoms with Gasteiger partial charge in [-0.05, 0) is 42.5 Å². The van der Waals surface area contributed by atoms with E-state index in [-0.39, 0.29) is 36.4 Å². The molecule has 1 aliphatic heterocycles. The van der Waals surface area contributed by atoms with Crippen LogP contribution in [0.5, 0.6) is 0 Å². The number of hydrogen-bond acceptors (Lipinski definition) is 4. The predicted molar refractivity (Wildman–Crippen MR) is 135 cm³/mol. The molecule has 0 saturated carbocycles. The number of amides is 1. The van der Waals surface area contributed by atoms with Gasteiger partial charge in [0.1, 0.15) is 6.54 Å². The Kier molecular flexibility index (Phi) is 10.3. The summed E-state index contributed by atoms with van der Waals surface area (Å²) >= 11 is 3.61. The van der Waals surface area contributed by atoms with Crippen LogP contribution < -0.4 is 10.6 Å². The number of benzene rings is 1. The van der Waals surface area contributed by atoms with Crippen LogP contribution in [0, 0.1) is 0 Å². The molecule has 1 atom stereocenters. The van der Waals surface area contributed by atoms with E-state index in [4.69, 9.17) is 0 Å². The Morgan fingerprint density at radius 1 is 1.28 bits per heavy atom. The Bertz CT molecular complexity index is 797. The van der Waals surface area contributed by atoms with Crippen LogP contribution in [-0.2, 0) is 17.8 Å². The van der Waals surface area contributed by atoms with Crippen molar-refractivity contribution in [2.24, 2.45) is 4.99 Å². The average molecular weight is 545 g/mol. The van der Waals surface area contributed by atoms with E-state index in [2.05, 4.69) is 58.3 Å². The highest BCUT2D eigenvalue weighted by molar-refractivity contribution is 14.0. The van der Waals surface area contributed by atoms with E-state index in [1.807, 2.05) is 29.7 Å². The normalized spacial score (nSPS) is 14.6. The Labute approximate surface area is 198 Å². The van der Waals surface area contributed by atoms with Crippen LogP contribution in [0.15, 0.2) is 51.7 Å². The lowest BCUT2D eigenvalue weighted by Gasteiger charge is -2.26. The second-order valence-electron chi connectivity index (χ2n) is 6.75. The van der Waals surface area contributed by atoms with Crippen molar-refractivity contribution in [3.8, 4) is 0 Å². The fourth-order valence-corrected chi connectivity index (χ4v) is 4.90. The van der Waals surface area contributed by atoms with E-state index in [0.717, 1.165) is 26.1 Å². The first-order valence-corrected chi connectivity index (χ1v) is 11.5. The first-order valence-electron chi connectivity index (χ1n) is 9.72. The maximum absolute atomic E-state index is 12.6. The van der Waals surface area contributed by atoms with Gasteiger partial charge in [0.25, 0.3) is 0 Å². The fourth-order valence-electron chi connectivity index (χ4n) is 3.06. The molecule has 0 bridgehead atoms. The molecule has 0 fully saturated rings. The summed E-state index contributed by atoms with van der Waals surface area (Å²) in [6, 6.07) is 12.5. The average Bonchev–Trinajstić information content (AvgIpc) is 3.18. The second-order valence-corrected chi connectivity index (χ2v) is 9.26. The molecule has 2 aromatic rings. The van der Waals surface area contributed by atoms with Gasteiger partial charge in [0.15, 0.2) is 5.96 Å². The molecular weight excluding hydrogens is 515 g/mol. The predicted octanol–water partition coefficient (Wildman–Crippen LogP) is 3.99. The van der Waals surface area contributed by atoms with Gasteiger partial charge in [0.2, 0.25) is 5.91 Å². The number of guanidine groups is 1. The summed E-state index contributed by atoms with van der Waals surface area (Å²) in [4.78, 5) is 21.7. The number of thiophene rings is 1. The van der Waals surface area contributed by atoms with Crippen LogP contribution in [0.1, 0.15) is 24.3 Å². The zero-order chi connectivity index (χ0) is 19.8. The van der Waals surface area contributed by atoms with Gasteiger partial charge in [-0.25, -0.2) is 4.99 Å². The smallest absolute Gasteiger partial charge is 0.244 e. The van der Waals surface area contributed by atoms with E-state index in [9.17, 15) is 4.79 Å². The molecule has 8 heteroatoms. The zero-order valence-electron chi connectivity index (χ0n) is 16.9. The van der Waals surface area contributed by atoms with Gasteiger partial charge in [0.05, 0.1) is 0 Å². The number of nitrogens with one attached hydrogen (secondary N) is 2. The zero-order valence-corrected chi connectivity index (χ0v) is 20.9. The molecule has 2 heterocycles. The van der Waals surface area contributed by atoms with Gasteiger partial charge in [-0.15, -0.1) is 47.1 Å². The minimum Gasteiger partial charge on any atom is -0.357 e. The van der Waals surface area contributed by atoms with Crippen molar-refractivity contribution in [2.75, 3.05) is 26.2 Å².